The quantitative estimate of drug-likeness (QED) is 0.491. The molecule has 0 bridgehead atoms. The van der Waals surface area contributed by atoms with Gasteiger partial charge in [-0.25, -0.2) is 4.99 Å². The SMILES string of the molecule is I.NC(N)=NCc1ccccc1OC1CCCC1. The van der Waals surface area contributed by atoms with Gasteiger partial charge >= 0.3 is 0 Å². The van der Waals surface area contributed by atoms with Gasteiger partial charge in [-0.05, 0) is 31.7 Å². The lowest BCUT2D eigenvalue weighted by atomic mass is 10.2. The van der Waals surface area contributed by atoms with E-state index < -0.39 is 0 Å². The molecular weight excluding hydrogens is 341 g/mol. The Kier molecular flexibility index (Phi) is 6.24. The van der Waals surface area contributed by atoms with Crippen molar-refractivity contribution in [2.75, 3.05) is 0 Å². The van der Waals surface area contributed by atoms with E-state index in [-0.39, 0.29) is 29.9 Å². The first-order valence-electron chi connectivity index (χ1n) is 6.05. The molecule has 0 amide bonds. The second-order valence-electron chi connectivity index (χ2n) is 4.37. The highest BCUT2D eigenvalue weighted by molar-refractivity contribution is 14.0. The Hall–Kier alpha value is -0.980. The number of benzene rings is 1. The Morgan fingerprint density at radius 1 is 1.22 bits per heavy atom. The van der Waals surface area contributed by atoms with Crippen LogP contribution >= 0.6 is 24.0 Å². The van der Waals surface area contributed by atoms with Crippen LogP contribution in [-0.4, -0.2) is 12.1 Å². The third-order valence-corrected chi connectivity index (χ3v) is 3.00. The smallest absolute Gasteiger partial charge is 0.186 e. The standard InChI is InChI=1S/C13H19N3O.HI/c14-13(15)16-9-10-5-1-4-8-12(10)17-11-6-2-3-7-11;/h1,4-5,8,11H,2-3,6-7,9H2,(H4,14,15,16);1H. The molecule has 4 nitrogen and oxygen atoms in total. The summed E-state index contributed by atoms with van der Waals surface area (Å²) in [5, 5.41) is 0. The summed E-state index contributed by atoms with van der Waals surface area (Å²) in [6.07, 6.45) is 5.18. The zero-order valence-electron chi connectivity index (χ0n) is 10.3. The molecule has 1 saturated carbocycles. The molecule has 0 atom stereocenters. The van der Waals surface area contributed by atoms with Gasteiger partial charge < -0.3 is 16.2 Å². The second kappa shape index (κ2) is 7.45. The summed E-state index contributed by atoms with van der Waals surface area (Å²) in [5.41, 5.74) is 11.7. The summed E-state index contributed by atoms with van der Waals surface area (Å²) in [7, 11) is 0. The molecule has 1 aliphatic carbocycles. The molecule has 0 heterocycles. The summed E-state index contributed by atoms with van der Waals surface area (Å²) in [6.45, 7) is 0.477. The largest absolute Gasteiger partial charge is 0.490 e. The van der Waals surface area contributed by atoms with Crippen LogP contribution in [0.1, 0.15) is 31.2 Å². The molecule has 5 heteroatoms. The van der Waals surface area contributed by atoms with Crippen LogP contribution in [0.15, 0.2) is 29.3 Å². The Balaban J connectivity index is 0.00000162. The van der Waals surface area contributed by atoms with Gasteiger partial charge in [0.2, 0.25) is 0 Å². The number of rotatable bonds is 4. The van der Waals surface area contributed by atoms with Gasteiger partial charge in [0.1, 0.15) is 5.75 Å². The Morgan fingerprint density at radius 2 is 1.89 bits per heavy atom. The minimum atomic E-state index is 0. The number of hydrogen-bond acceptors (Lipinski definition) is 2. The van der Waals surface area contributed by atoms with Crippen LogP contribution in [-0.2, 0) is 6.54 Å². The van der Waals surface area contributed by atoms with Crippen LogP contribution < -0.4 is 16.2 Å². The van der Waals surface area contributed by atoms with Crippen molar-refractivity contribution in [1.82, 2.24) is 0 Å². The van der Waals surface area contributed by atoms with E-state index in [1.807, 2.05) is 24.3 Å². The first-order chi connectivity index (χ1) is 8.25. The fourth-order valence-corrected chi connectivity index (χ4v) is 2.11. The van der Waals surface area contributed by atoms with Gasteiger partial charge in [-0.2, -0.15) is 0 Å². The third-order valence-electron chi connectivity index (χ3n) is 3.00. The van der Waals surface area contributed by atoms with Crippen molar-refractivity contribution >= 4 is 29.9 Å². The van der Waals surface area contributed by atoms with Gasteiger partial charge in [-0.1, -0.05) is 18.2 Å². The van der Waals surface area contributed by atoms with Crippen molar-refractivity contribution in [3.05, 3.63) is 29.8 Å². The number of guanidine groups is 1. The fourth-order valence-electron chi connectivity index (χ4n) is 2.11. The number of nitrogens with zero attached hydrogens (tertiary/aromatic N) is 1. The van der Waals surface area contributed by atoms with Gasteiger partial charge in [-0.3, -0.25) is 0 Å². The number of ether oxygens (including phenoxy) is 1. The number of nitrogens with two attached hydrogens (primary N) is 2. The van der Waals surface area contributed by atoms with Gasteiger partial charge in [0.25, 0.3) is 0 Å². The topological polar surface area (TPSA) is 73.6 Å². The Bertz CT molecular complexity index is 399. The summed E-state index contributed by atoms with van der Waals surface area (Å²) in [6, 6.07) is 7.93. The number of halogens is 1. The van der Waals surface area contributed by atoms with Crippen LogP contribution in [0.5, 0.6) is 5.75 Å². The molecule has 1 aliphatic rings. The lowest BCUT2D eigenvalue weighted by Crippen LogP contribution is -2.22. The molecule has 4 N–H and O–H groups in total. The number of aliphatic imine (C=N–C) groups is 1. The van der Waals surface area contributed by atoms with Crippen LogP contribution in [0.25, 0.3) is 0 Å². The first kappa shape index (κ1) is 15.1. The highest BCUT2D eigenvalue weighted by Crippen LogP contribution is 2.26. The molecule has 0 aromatic heterocycles. The van der Waals surface area contributed by atoms with E-state index >= 15 is 0 Å². The molecule has 0 aliphatic heterocycles. The highest BCUT2D eigenvalue weighted by atomic mass is 127. The van der Waals surface area contributed by atoms with Crippen LogP contribution in [0.2, 0.25) is 0 Å². The lowest BCUT2D eigenvalue weighted by molar-refractivity contribution is 0.208. The minimum absolute atomic E-state index is 0. The summed E-state index contributed by atoms with van der Waals surface area (Å²) < 4.78 is 5.99. The third kappa shape index (κ3) is 4.36. The van der Waals surface area contributed by atoms with E-state index in [2.05, 4.69) is 4.99 Å². The second-order valence-corrected chi connectivity index (χ2v) is 4.37. The number of hydrogen-bond donors (Lipinski definition) is 2. The molecule has 1 aromatic carbocycles. The highest BCUT2D eigenvalue weighted by Gasteiger charge is 2.17. The average Bonchev–Trinajstić information content (AvgIpc) is 2.80. The van der Waals surface area contributed by atoms with Crippen LogP contribution in [0.4, 0.5) is 0 Å². The molecule has 1 fully saturated rings. The Labute approximate surface area is 125 Å². The Morgan fingerprint density at radius 3 is 2.56 bits per heavy atom. The summed E-state index contributed by atoms with van der Waals surface area (Å²) >= 11 is 0. The molecule has 0 radical (unpaired) electrons. The maximum absolute atomic E-state index is 5.99. The van der Waals surface area contributed by atoms with Crippen LogP contribution in [0.3, 0.4) is 0 Å². The molecule has 0 unspecified atom stereocenters. The van der Waals surface area contributed by atoms with Crippen molar-refractivity contribution in [1.29, 1.82) is 0 Å². The van der Waals surface area contributed by atoms with Crippen molar-refractivity contribution in [3.63, 3.8) is 0 Å². The summed E-state index contributed by atoms with van der Waals surface area (Å²) in [4.78, 5) is 4.02. The van der Waals surface area contributed by atoms with Gasteiger partial charge in [0, 0.05) is 5.56 Å². The monoisotopic (exact) mass is 361 g/mol. The molecule has 18 heavy (non-hydrogen) atoms. The minimum Gasteiger partial charge on any atom is -0.490 e. The molecular formula is C13H20IN3O. The molecule has 2 rings (SSSR count). The normalized spacial score (nSPS) is 14.9. The zero-order valence-corrected chi connectivity index (χ0v) is 12.7. The molecule has 100 valence electrons. The summed E-state index contributed by atoms with van der Waals surface area (Å²) in [5.74, 6) is 1.02. The van der Waals surface area contributed by atoms with Gasteiger partial charge in [0.05, 0.1) is 12.6 Å². The van der Waals surface area contributed by atoms with E-state index in [1.54, 1.807) is 0 Å². The molecule has 1 aromatic rings. The molecule has 0 saturated heterocycles. The number of para-hydroxylation sites is 1. The van der Waals surface area contributed by atoms with Crippen molar-refractivity contribution in [3.8, 4) is 5.75 Å². The maximum Gasteiger partial charge on any atom is 0.186 e. The van der Waals surface area contributed by atoms with Gasteiger partial charge in [0.15, 0.2) is 5.96 Å². The van der Waals surface area contributed by atoms with E-state index in [9.17, 15) is 0 Å². The average molecular weight is 361 g/mol. The van der Waals surface area contributed by atoms with Crippen molar-refractivity contribution < 1.29 is 4.74 Å². The predicted octanol–water partition coefficient (Wildman–Crippen LogP) is 2.40. The van der Waals surface area contributed by atoms with Crippen molar-refractivity contribution in [2.45, 2.75) is 38.3 Å². The molecule has 0 spiro atoms. The van der Waals surface area contributed by atoms with E-state index in [0.717, 1.165) is 24.2 Å². The predicted molar refractivity (Wildman–Crippen MR) is 84.3 cm³/mol. The first-order valence-corrected chi connectivity index (χ1v) is 6.05. The van der Waals surface area contributed by atoms with E-state index in [0.29, 0.717) is 12.6 Å². The van der Waals surface area contributed by atoms with Gasteiger partial charge in [-0.15, -0.1) is 24.0 Å². The van der Waals surface area contributed by atoms with Crippen LogP contribution in [0, 0.1) is 0 Å². The maximum atomic E-state index is 5.99. The lowest BCUT2D eigenvalue weighted by Gasteiger charge is -2.15. The fraction of sp³-hybridized carbons (Fsp3) is 0.462. The zero-order chi connectivity index (χ0) is 12.1. The van der Waals surface area contributed by atoms with E-state index in [1.165, 1.54) is 12.8 Å². The van der Waals surface area contributed by atoms with E-state index in [4.69, 9.17) is 16.2 Å². The van der Waals surface area contributed by atoms with Crippen molar-refractivity contribution in [2.24, 2.45) is 16.5 Å².